The molecule has 4 heteroatoms. The average Bonchev–Trinajstić information content (AvgIpc) is 2.29. The van der Waals surface area contributed by atoms with E-state index in [4.69, 9.17) is 4.99 Å². The first-order valence-electron chi connectivity index (χ1n) is 5.96. The van der Waals surface area contributed by atoms with Gasteiger partial charge in [-0.1, -0.05) is 17.8 Å². The smallest absolute Gasteiger partial charge is 0.157 e. The van der Waals surface area contributed by atoms with E-state index in [1.807, 2.05) is 24.4 Å². The van der Waals surface area contributed by atoms with Crippen molar-refractivity contribution in [3.8, 4) is 0 Å². The lowest BCUT2D eigenvalue weighted by Gasteiger charge is -2.32. The Bertz CT molecular complexity index is 400. The lowest BCUT2D eigenvalue weighted by molar-refractivity contribution is 0.445. The molecule has 0 radical (unpaired) electrons. The average molecular weight is 249 g/mol. The van der Waals surface area contributed by atoms with E-state index in [1.54, 1.807) is 11.8 Å². The number of amidine groups is 1. The van der Waals surface area contributed by atoms with Crippen molar-refractivity contribution in [3.63, 3.8) is 0 Å². The molecule has 2 rings (SSSR count). The Morgan fingerprint density at radius 2 is 2.29 bits per heavy atom. The molecule has 1 aromatic heterocycles. The summed E-state index contributed by atoms with van der Waals surface area (Å²) in [5, 5.41) is 4.52. The zero-order chi connectivity index (χ0) is 12.3. The van der Waals surface area contributed by atoms with Gasteiger partial charge in [-0.05, 0) is 39.3 Å². The van der Waals surface area contributed by atoms with Crippen LogP contribution in [0.4, 0.5) is 0 Å². The van der Waals surface area contributed by atoms with Crippen molar-refractivity contribution in [1.82, 2.24) is 10.3 Å². The van der Waals surface area contributed by atoms with Gasteiger partial charge in [0.15, 0.2) is 5.17 Å². The fourth-order valence-electron chi connectivity index (χ4n) is 1.73. The maximum absolute atomic E-state index is 4.71. The SMILES string of the molecule is CC(N=C1NC(C)(C)CCS1)c1ccccn1. The van der Waals surface area contributed by atoms with Crippen molar-refractivity contribution in [3.05, 3.63) is 30.1 Å². The van der Waals surface area contributed by atoms with E-state index in [9.17, 15) is 0 Å². The number of nitrogens with one attached hydrogen (secondary N) is 1. The third-order valence-corrected chi connectivity index (χ3v) is 3.73. The molecule has 0 bridgehead atoms. The highest BCUT2D eigenvalue weighted by molar-refractivity contribution is 8.13. The normalized spacial score (nSPS) is 23.1. The molecule has 3 nitrogen and oxygen atoms in total. The van der Waals surface area contributed by atoms with Crippen molar-refractivity contribution >= 4 is 16.9 Å². The van der Waals surface area contributed by atoms with E-state index in [0.29, 0.717) is 0 Å². The molecule has 0 saturated carbocycles. The summed E-state index contributed by atoms with van der Waals surface area (Å²) in [6.45, 7) is 6.51. The molecular weight excluding hydrogens is 230 g/mol. The predicted molar refractivity (Wildman–Crippen MR) is 74.4 cm³/mol. The molecule has 92 valence electrons. The number of nitrogens with zero attached hydrogens (tertiary/aromatic N) is 2. The molecule has 17 heavy (non-hydrogen) atoms. The predicted octanol–water partition coefficient (Wildman–Crippen LogP) is 3.00. The van der Waals surface area contributed by atoms with E-state index < -0.39 is 0 Å². The summed E-state index contributed by atoms with van der Waals surface area (Å²) >= 11 is 1.80. The molecule has 1 N–H and O–H groups in total. The second kappa shape index (κ2) is 5.08. The van der Waals surface area contributed by atoms with Gasteiger partial charge in [0.25, 0.3) is 0 Å². The number of aliphatic imine (C=N–C) groups is 1. The van der Waals surface area contributed by atoms with Gasteiger partial charge in [-0.3, -0.25) is 9.98 Å². The minimum Gasteiger partial charge on any atom is -0.360 e. The van der Waals surface area contributed by atoms with E-state index >= 15 is 0 Å². The Balaban J connectivity index is 2.09. The van der Waals surface area contributed by atoms with Crippen LogP contribution in [0.15, 0.2) is 29.4 Å². The molecule has 1 saturated heterocycles. The summed E-state index contributed by atoms with van der Waals surface area (Å²) in [6.07, 6.45) is 2.99. The van der Waals surface area contributed by atoms with Gasteiger partial charge >= 0.3 is 0 Å². The Morgan fingerprint density at radius 3 is 2.94 bits per heavy atom. The minimum atomic E-state index is 0.111. The lowest BCUT2D eigenvalue weighted by Crippen LogP contribution is -2.46. The van der Waals surface area contributed by atoms with E-state index in [1.165, 1.54) is 6.42 Å². The highest BCUT2D eigenvalue weighted by Crippen LogP contribution is 2.24. The van der Waals surface area contributed by atoms with Crippen molar-refractivity contribution in [2.24, 2.45) is 4.99 Å². The molecule has 0 aliphatic carbocycles. The summed E-state index contributed by atoms with van der Waals surface area (Å²) in [4.78, 5) is 9.04. The van der Waals surface area contributed by atoms with Gasteiger partial charge in [-0.2, -0.15) is 0 Å². The van der Waals surface area contributed by atoms with Crippen LogP contribution >= 0.6 is 11.8 Å². The molecule has 0 spiro atoms. The van der Waals surface area contributed by atoms with E-state index in [-0.39, 0.29) is 11.6 Å². The van der Waals surface area contributed by atoms with Crippen molar-refractivity contribution < 1.29 is 0 Å². The number of aromatic nitrogens is 1. The molecule has 1 fully saturated rings. The maximum Gasteiger partial charge on any atom is 0.157 e. The molecule has 0 aromatic carbocycles. The molecule has 2 heterocycles. The lowest BCUT2D eigenvalue weighted by atomic mass is 10.0. The monoisotopic (exact) mass is 249 g/mol. The van der Waals surface area contributed by atoms with Gasteiger partial charge in [0, 0.05) is 17.5 Å². The fraction of sp³-hybridized carbons (Fsp3) is 0.538. The second-order valence-corrected chi connectivity index (χ2v) is 6.06. The summed E-state index contributed by atoms with van der Waals surface area (Å²) in [7, 11) is 0. The summed E-state index contributed by atoms with van der Waals surface area (Å²) in [5.74, 6) is 1.13. The van der Waals surface area contributed by atoms with E-state index in [0.717, 1.165) is 16.6 Å². The molecule has 0 amide bonds. The molecule has 1 aromatic rings. The van der Waals surface area contributed by atoms with Crippen molar-refractivity contribution in [1.29, 1.82) is 0 Å². The van der Waals surface area contributed by atoms with Crippen LogP contribution in [-0.2, 0) is 0 Å². The highest BCUT2D eigenvalue weighted by Gasteiger charge is 2.24. The first-order chi connectivity index (χ1) is 8.07. The Morgan fingerprint density at radius 1 is 1.47 bits per heavy atom. The molecule has 1 aliphatic rings. The third-order valence-electron chi connectivity index (χ3n) is 2.84. The standard InChI is InChI=1S/C13H19N3S/c1-10(11-6-4-5-8-14-11)15-12-16-13(2,3)7-9-17-12/h4-6,8,10H,7,9H2,1-3H3,(H,15,16). The fourth-order valence-corrected chi connectivity index (χ4v) is 3.11. The van der Waals surface area contributed by atoms with E-state index in [2.05, 4.69) is 31.1 Å². The van der Waals surface area contributed by atoms with Gasteiger partial charge < -0.3 is 5.32 Å². The molecule has 1 unspecified atom stereocenters. The Labute approximate surface area is 107 Å². The number of rotatable bonds is 2. The van der Waals surface area contributed by atoms with Crippen LogP contribution in [0.3, 0.4) is 0 Å². The van der Waals surface area contributed by atoms with Gasteiger partial charge in [0.2, 0.25) is 0 Å². The van der Waals surface area contributed by atoms with Crippen LogP contribution < -0.4 is 5.32 Å². The minimum absolute atomic E-state index is 0.111. The molecule has 1 atom stereocenters. The summed E-state index contributed by atoms with van der Waals surface area (Å²) in [5.41, 5.74) is 1.18. The number of hydrogen-bond donors (Lipinski definition) is 1. The maximum atomic E-state index is 4.71. The number of thioether (sulfide) groups is 1. The Kier molecular flexibility index (Phi) is 3.72. The van der Waals surface area contributed by atoms with Crippen LogP contribution in [0.2, 0.25) is 0 Å². The second-order valence-electron chi connectivity index (χ2n) is 4.97. The van der Waals surface area contributed by atoms with Crippen molar-refractivity contribution in [2.75, 3.05) is 5.75 Å². The number of hydrogen-bond acceptors (Lipinski definition) is 3. The van der Waals surface area contributed by atoms with Crippen LogP contribution in [0.1, 0.15) is 38.9 Å². The zero-order valence-corrected chi connectivity index (χ0v) is 11.4. The quantitative estimate of drug-likeness (QED) is 0.875. The van der Waals surface area contributed by atoms with Crippen LogP contribution in [0.5, 0.6) is 0 Å². The van der Waals surface area contributed by atoms with Crippen LogP contribution in [-0.4, -0.2) is 21.4 Å². The largest absolute Gasteiger partial charge is 0.360 e. The summed E-state index contributed by atoms with van der Waals surface area (Å²) < 4.78 is 0. The van der Waals surface area contributed by atoms with Gasteiger partial charge in [0.1, 0.15) is 0 Å². The third kappa shape index (κ3) is 3.46. The van der Waals surface area contributed by atoms with Crippen LogP contribution in [0.25, 0.3) is 0 Å². The van der Waals surface area contributed by atoms with Gasteiger partial charge in [-0.25, -0.2) is 0 Å². The summed E-state index contributed by atoms with van der Waals surface area (Å²) in [6, 6.07) is 6.07. The first kappa shape index (κ1) is 12.4. The zero-order valence-electron chi connectivity index (χ0n) is 10.6. The topological polar surface area (TPSA) is 37.3 Å². The van der Waals surface area contributed by atoms with Gasteiger partial charge in [-0.15, -0.1) is 0 Å². The first-order valence-corrected chi connectivity index (χ1v) is 6.95. The number of pyridine rings is 1. The van der Waals surface area contributed by atoms with Crippen LogP contribution in [0, 0.1) is 0 Å². The van der Waals surface area contributed by atoms with Gasteiger partial charge in [0.05, 0.1) is 11.7 Å². The molecule has 1 aliphatic heterocycles. The highest BCUT2D eigenvalue weighted by atomic mass is 32.2. The molecular formula is C13H19N3S. The van der Waals surface area contributed by atoms with Crippen molar-refractivity contribution in [2.45, 2.75) is 38.8 Å². The Hall–Kier alpha value is -1.03.